The Morgan fingerprint density at radius 1 is 1.33 bits per heavy atom. The van der Waals surface area contributed by atoms with Crippen LogP contribution in [0.3, 0.4) is 0 Å². The molecule has 0 saturated carbocycles. The number of carbonyl (C=O) groups is 1. The molecule has 0 unspecified atom stereocenters. The van der Waals surface area contributed by atoms with Gasteiger partial charge in [0, 0.05) is 18.3 Å². The zero-order chi connectivity index (χ0) is 11.4. The molecule has 0 radical (unpaired) electrons. The minimum absolute atomic E-state index is 0.103. The standard InChI is InChI=1S/C11H17N3O/c1-7(2)8-4-9(11(15)13-3)6-10(5-8)14-12/h4-7,14H,12H2,1-3H3,(H,13,15). The molecule has 4 N–H and O–H groups in total. The third-order valence-corrected chi connectivity index (χ3v) is 2.28. The highest BCUT2D eigenvalue weighted by Gasteiger charge is 2.08. The lowest BCUT2D eigenvalue weighted by atomic mass is 9.99. The van der Waals surface area contributed by atoms with Crippen LogP contribution in [0.5, 0.6) is 0 Å². The molecule has 0 aromatic heterocycles. The van der Waals surface area contributed by atoms with Crippen LogP contribution in [0, 0.1) is 0 Å². The fourth-order valence-corrected chi connectivity index (χ4v) is 1.34. The number of nitrogen functional groups attached to an aromatic ring is 1. The van der Waals surface area contributed by atoms with E-state index < -0.39 is 0 Å². The van der Waals surface area contributed by atoms with Gasteiger partial charge in [-0.05, 0) is 29.7 Å². The summed E-state index contributed by atoms with van der Waals surface area (Å²) >= 11 is 0. The minimum atomic E-state index is -0.103. The number of carbonyl (C=O) groups excluding carboxylic acids is 1. The Kier molecular flexibility index (Phi) is 3.68. The maximum absolute atomic E-state index is 11.5. The number of benzene rings is 1. The fourth-order valence-electron chi connectivity index (χ4n) is 1.34. The second-order valence-electron chi connectivity index (χ2n) is 3.72. The number of anilines is 1. The van der Waals surface area contributed by atoms with Gasteiger partial charge in [-0.15, -0.1) is 0 Å². The SMILES string of the molecule is CNC(=O)c1cc(NN)cc(C(C)C)c1. The Bertz CT molecular complexity index is 361. The van der Waals surface area contributed by atoms with Gasteiger partial charge in [0.25, 0.3) is 5.91 Å². The Hall–Kier alpha value is -1.55. The van der Waals surface area contributed by atoms with Gasteiger partial charge in [-0.2, -0.15) is 0 Å². The van der Waals surface area contributed by atoms with Crippen molar-refractivity contribution in [2.45, 2.75) is 19.8 Å². The van der Waals surface area contributed by atoms with E-state index in [4.69, 9.17) is 5.84 Å². The second-order valence-corrected chi connectivity index (χ2v) is 3.72. The predicted octanol–water partition coefficient (Wildman–Crippen LogP) is 1.46. The molecule has 0 spiro atoms. The summed E-state index contributed by atoms with van der Waals surface area (Å²) in [5.74, 6) is 5.61. The Morgan fingerprint density at radius 3 is 2.47 bits per heavy atom. The molecule has 15 heavy (non-hydrogen) atoms. The lowest BCUT2D eigenvalue weighted by molar-refractivity contribution is 0.0963. The first-order valence-corrected chi connectivity index (χ1v) is 4.92. The highest BCUT2D eigenvalue weighted by atomic mass is 16.1. The summed E-state index contributed by atoms with van der Waals surface area (Å²) in [5.41, 5.74) is 5.02. The number of nitrogens with two attached hydrogens (primary N) is 1. The molecule has 0 aliphatic rings. The average Bonchev–Trinajstić information content (AvgIpc) is 2.27. The van der Waals surface area contributed by atoms with Crippen LogP contribution in [0.4, 0.5) is 5.69 Å². The molecule has 0 bridgehead atoms. The zero-order valence-electron chi connectivity index (χ0n) is 9.29. The summed E-state index contributed by atoms with van der Waals surface area (Å²) in [4.78, 5) is 11.5. The van der Waals surface area contributed by atoms with E-state index in [0.29, 0.717) is 11.5 Å². The molecule has 0 aliphatic heterocycles. The Labute approximate surface area is 89.8 Å². The van der Waals surface area contributed by atoms with Gasteiger partial charge in [-0.1, -0.05) is 13.8 Å². The number of hydrogen-bond acceptors (Lipinski definition) is 3. The monoisotopic (exact) mass is 207 g/mol. The molecule has 1 amide bonds. The van der Waals surface area contributed by atoms with Crippen LogP contribution in [0.1, 0.15) is 35.7 Å². The van der Waals surface area contributed by atoms with Crippen LogP contribution in [-0.4, -0.2) is 13.0 Å². The van der Waals surface area contributed by atoms with E-state index in [1.165, 1.54) is 0 Å². The maximum Gasteiger partial charge on any atom is 0.251 e. The first-order valence-electron chi connectivity index (χ1n) is 4.92. The number of hydrazine groups is 1. The van der Waals surface area contributed by atoms with Gasteiger partial charge in [0.15, 0.2) is 0 Å². The molecular weight excluding hydrogens is 190 g/mol. The van der Waals surface area contributed by atoms with Crippen molar-refractivity contribution in [2.24, 2.45) is 5.84 Å². The number of rotatable bonds is 3. The van der Waals surface area contributed by atoms with Crippen molar-refractivity contribution in [1.29, 1.82) is 0 Å². The van der Waals surface area contributed by atoms with Gasteiger partial charge >= 0.3 is 0 Å². The van der Waals surface area contributed by atoms with Crippen molar-refractivity contribution in [3.8, 4) is 0 Å². The molecule has 4 nitrogen and oxygen atoms in total. The van der Waals surface area contributed by atoms with Crippen molar-refractivity contribution >= 4 is 11.6 Å². The molecule has 4 heteroatoms. The van der Waals surface area contributed by atoms with E-state index in [0.717, 1.165) is 11.3 Å². The van der Waals surface area contributed by atoms with Gasteiger partial charge in [-0.25, -0.2) is 0 Å². The molecule has 0 atom stereocenters. The number of amides is 1. The number of hydrogen-bond donors (Lipinski definition) is 3. The van der Waals surface area contributed by atoms with E-state index in [9.17, 15) is 4.79 Å². The first-order chi connectivity index (χ1) is 7.08. The van der Waals surface area contributed by atoms with Crippen LogP contribution < -0.4 is 16.6 Å². The van der Waals surface area contributed by atoms with E-state index >= 15 is 0 Å². The second kappa shape index (κ2) is 4.79. The largest absolute Gasteiger partial charge is 0.355 e. The third kappa shape index (κ3) is 2.70. The Balaban J connectivity index is 3.17. The van der Waals surface area contributed by atoms with Gasteiger partial charge in [0.1, 0.15) is 0 Å². The summed E-state index contributed by atoms with van der Waals surface area (Å²) in [7, 11) is 1.61. The lowest BCUT2D eigenvalue weighted by Gasteiger charge is -2.11. The van der Waals surface area contributed by atoms with E-state index in [1.807, 2.05) is 12.1 Å². The van der Waals surface area contributed by atoms with E-state index in [-0.39, 0.29) is 5.91 Å². The van der Waals surface area contributed by atoms with Crippen molar-refractivity contribution in [3.05, 3.63) is 29.3 Å². The normalized spacial score (nSPS) is 10.2. The van der Waals surface area contributed by atoms with Gasteiger partial charge in [0.2, 0.25) is 0 Å². The summed E-state index contributed by atoms with van der Waals surface area (Å²) < 4.78 is 0. The van der Waals surface area contributed by atoms with Crippen LogP contribution >= 0.6 is 0 Å². The molecule has 0 heterocycles. The summed E-state index contributed by atoms with van der Waals surface area (Å²) in [6.07, 6.45) is 0. The van der Waals surface area contributed by atoms with Crippen molar-refractivity contribution < 1.29 is 4.79 Å². The van der Waals surface area contributed by atoms with Crippen LogP contribution in [0.15, 0.2) is 18.2 Å². The van der Waals surface area contributed by atoms with Gasteiger partial charge < -0.3 is 10.7 Å². The molecular formula is C11H17N3O. The molecule has 1 rings (SSSR count). The smallest absolute Gasteiger partial charge is 0.251 e. The molecule has 1 aromatic rings. The molecule has 1 aromatic carbocycles. The first kappa shape index (κ1) is 11.5. The summed E-state index contributed by atoms with van der Waals surface area (Å²) in [6.45, 7) is 4.15. The zero-order valence-corrected chi connectivity index (χ0v) is 9.29. The summed E-state index contributed by atoms with van der Waals surface area (Å²) in [5, 5.41) is 2.59. The van der Waals surface area contributed by atoms with Crippen molar-refractivity contribution in [1.82, 2.24) is 5.32 Å². The quantitative estimate of drug-likeness (QED) is 0.519. The molecule has 82 valence electrons. The minimum Gasteiger partial charge on any atom is -0.355 e. The van der Waals surface area contributed by atoms with Gasteiger partial charge in [0.05, 0.1) is 0 Å². The molecule has 0 saturated heterocycles. The molecule has 0 fully saturated rings. The van der Waals surface area contributed by atoms with E-state index in [1.54, 1.807) is 13.1 Å². The average molecular weight is 207 g/mol. The van der Waals surface area contributed by atoms with E-state index in [2.05, 4.69) is 24.6 Å². The predicted molar refractivity (Wildman–Crippen MR) is 61.7 cm³/mol. The van der Waals surface area contributed by atoms with Crippen LogP contribution in [-0.2, 0) is 0 Å². The molecule has 0 aliphatic carbocycles. The van der Waals surface area contributed by atoms with Crippen molar-refractivity contribution in [3.63, 3.8) is 0 Å². The highest BCUT2D eigenvalue weighted by molar-refractivity contribution is 5.95. The summed E-state index contributed by atoms with van der Waals surface area (Å²) in [6, 6.07) is 5.55. The van der Waals surface area contributed by atoms with Crippen molar-refractivity contribution in [2.75, 3.05) is 12.5 Å². The topological polar surface area (TPSA) is 67.2 Å². The van der Waals surface area contributed by atoms with Crippen LogP contribution in [0.2, 0.25) is 0 Å². The highest BCUT2D eigenvalue weighted by Crippen LogP contribution is 2.20. The lowest BCUT2D eigenvalue weighted by Crippen LogP contribution is -2.19. The number of nitrogens with one attached hydrogen (secondary N) is 2. The third-order valence-electron chi connectivity index (χ3n) is 2.28. The fraction of sp³-hybridized carbons (Fsp3) is 0.364. The Morgan fingerprint density at radius 2 is 2.00 bits per heavy atom. The van der Waals surface area contributed by atoms with Gasteiger partial charge in [-0.3, -0.25) is 10.6 Å². The van der Waals surface area contributed by atoms with Crippen LogP contribution in [0.25, 0.3) is 0 Å². The maximum atomic E-state index is 11.5.